The fraction of sp³-hybridized carbons (Fsp3) is 0.280. The van der Waals surface area contributed by atoms with E-state index in [0.29, 0.717) is 28.5 Å². The van der Waals surface area contributed by atoms with E-state index in [9.17, 15) is 9.18 Å². The number of carboxylic acid groups (broad SMARTS) is 1. The Hall–Kier alpha value is -3.81. The van der Waals surface area contributed by atoms with E-state index in [1.165, 1.54) is 6.07 Å². The Labute approximate surface area is 189 Å². The lowest BCUT2D eigenvalue weighted by Gasteiger charge is -2.27. The molecule has 2 heterocycles. The van der Waals surface area contributed by atoms with E-state index < -0.39 is 11.8 Å². The summed E-state index contributed by atoms with van der Waals surface area (Å²) in [6.07, 6.45) is 6.61. The molecule has 7 nitrogen and oxygen atoms in total. The van der Waals surface area contributed by atoms with Crippen molar-refractivity contribution in [2.24, 2.45) is 5.92 Å². The molecule has 5 rings (SSSR count). The number of aromatic nitrogens is 4. The maximum Gasteiger partial charge on any atom is 0.303 e. The molecule has 0 atom stereocenters. The molecule has 0 amide bonds. The third kappa shape index (κ3) is 4.69. The van der Waals surface area contributed by atoms with Crippen LogP contribution in [-0.4, -0.2) is 37.1 Å². The molecule has 168 valence electrons. The monoisotopic (exact) mass is 446 g/mol. The van der Waals surface area contributed by atoms with Crippen LogP contribution in [0.5, 0.6) is 5.88 Å². The van der Waals surface area contributed by atoms with Crippen LogP contribution in [0.1, 0.15) is 32.1 Å². The fourth-order valence-electron chi connectivity index (χ4n) is 4.34. The summed E-state index contributed by atoms with van der Waals surface area (Å²) in [7, 11) is 0. The molecule has 1 saturated carbocycles. The highest BCUT2D eigenvalue weighted by Crippen LogP contribution is 2.30. The van der Waals surface area contributed by atoms with E-state index >= 15 is 0 Å². The second kappa shape index (κ2) is 8.97. The quantitative estimate of drug-likeness (QED) is 0.420. The molecule has 2 N–H and O–H groups in total. The lowest BCUT2D eigenvalue weighted by Crippen LogP contribution is -2.25. The molecule has 2 aromatic carbocycles. The molecule has 0 aliphatic heterocycles. The standard InChI is InChI=1S/C25H23FN4O3/c26-19-12-16(7-10-18(19)25-29-20-3-1-2-4-21(20)30-25)22-13-28-23(14-27-22)33-17-8-5-15(6-9-17)11-24(31)32/h1-4,7,10,12-15,17H,5-6,8-9,11H2,(H,29,30)(H,31,32)/t15-,17-. The van der Waals surface area contributed by atoms with E-state index in [4.69, 9.17) is 9.84 Å². The summed E-state index contributed by atoms with van der Waals surface area (Å²) in [5, 5.41) is 8.93. The minimum atomic E-state index is -0.747. The first-order valence-electron chi connectivity index (χ1n) is 11.0. The number of benzene rings is 2. The van der Waals surface area contributed by atoms with Gasteiger partial charge in [-0.1, -0.05) is 18.2 Å². The zero-order chi connectivity index (χ0) is 22.8. The molecule has 4 aromatic rings. The van der Waals surface area contributed by atoms with Crippen LogP contribution in [0.15, 0.2) is 54.9 Å². The molecule has 1 aliphatic rings. The van der Waals surface area contributed by atoms with Crippen molar-refractivity contribution in [1.29, 1.82) is 0 Å². The summed E-state index contributed by atoms with van der Waals surface area (Å²) < 4.78 is 20.8. The van der Waals surface area contributed by atoms with Crippen molar-refractivity contribution in [2.45, 2.75) is 38.2 Å². The van der Waals surface area contributed by atoms with Gasteiger partial charge in [-0.05, 0) is 55.9 Å². The molecule has 0 unspecified atom stereocenters. The van der Waals surface area contributed by atoms with Crippen molar-refractivity contribution in [1.82, 2.24) is 19.9 Å². The van der Waals surface area contributed by atoms with Crippen LogP contribution in [0.25, 0.3) is 33.7 Å². The predicted octanol–water partition coefficient (Wildman–Crippen LogP) is 5.24. The van der Waals surface area contributed by atoms with Gasteiger partial charge in [0.25, 0.3) is 0 Å². The fourth-order valence-corrected chi connectivity index (χ4v) is 4.34. The highest BCUT2D eigenvalue weighted by Gasteiger charge is 2.24. The number of halogens is 1. The lowest BCUT2D eigenvalue weighted by atomic mass is 9.85. The third-order valence-electron chi connectivity index (χ3n) is 6.08. The number of imidazole rings is 1. The second-order valence-electron chi connectivity index (χ2n) is 8.40. The average Bonchev–Trinajstić information content (AvgIpc) is 3.24. The normalized spacial score (nSPS) is 18.3. The SMILES string of the molecule is O=C(O)C[C@H]1CC[C@H](Oc2cnc(-c3ccc(-c4nc5ccccc5[nH]4)c(F)c3)cn2)CC1. The summed E-state index contributed by atoms with van der Waals surface area (Å²) in [6, 6.07) is 12.5. The second-order valence-corrected chi connectivity index (χ2v) is 8.40. The van der Waals surface area contributed by atoms with Gasteiger partial charge in [-0.2, -0.15) is 0 Å². The van der Waals surface area contributed by atoms with Crippen molar-refractivity contribution in [3.8, 4) is 28.5 Å². The molecule has 33 heavy (non-hydrogen) atoms. The van der Waals surface area contributed by atoms with E-state index in [-0.39, 0.29) is 18.4 Å². The van der Waals surface area contributed by atoms with Gasteiger partial charge in [-0.25, -0.2) is 19.3 Å². The maximum atomic E-state index is 14.9. The topological polar surface area (TPSA) is 101 Å². The summed E-state index contributed by atoms with van der Waals surface area (Å²) in [6.45, 7) is 0. The van der Waals surface area contributed by atoms with Gasteiger partial charge in [0.15, 0.2) is 0 Å². The number of para-hydroxylation sites is 2. The Morgan fingerprint density at radius 3 is 2.61 bits per heavy atom. The number of fused-ring (bicyclic) bond motifs is 1. The Morgan fingerprint density at radius 2 is 1.91 bits per heavy atom. The number of rotatable bonds is 6. The van der Waals surface area contributed by atoms with Gasteiger partial charge >= 0.3 is 5.97 Å². The first-order valence-corrected chi connectivity index (χ1v) is 11.0. The molecule has 8 heteroatoms. The van der Waals surface area contributed by atoms with Gasteiger partial charge in [0.05, 0.1) is 34.7 Å². The number of carboxylic acids is 1. The maximum absolute atomic E-state index is 14.9. The number of nitrogens with one attached hydrogen (secondary N) is 1. The molecule has 0 radical (unpaired) electrons. The molecular weight excluding hydrogens is 423 g/mol. The summed E-state index contributed by atoms with van der Waals surface area (Å²) in [4.78, 5) is 27.2. The minimum absolute atomic E-state index is 0.00994. The van der Waals surface area contributed by atoms with Crippen molar-refractivity contribution in [2.75, 3.05) is 0 Å². The first-order chi connectivity index (χ1) is 16.0. The van der Waals surface area contributed by atoms with Crippen molar-refractivity contribution in [3.05, 3.63) is 60.7 Å². The molecular formula is C25H23FN4O3. The van der Waals surface area contributed by atoms with Crippen LogP contribution in [0.4, 0.5) is 4.39 Å². The predicted molar refractivity (Wildman–Crippen MR) is 121 cm³/mol. The minimum Gasteiger partial charge on any atom is -0.481 e. The Balaban J connectivity index is 1.25. The number of hydrogen-bond acceptors (Lipinski definition) is 5. The third-order valence-corrected chi connectivity index (χ3v) is 6.08. The van der Waals surface area contributed by atoms with Gasteiger partial charge in [-0.3, -0.25) is 4.79 Å². The van der Waals surface area contributed by atoms with E-state index in [1.807, 2.05) is 24.3 Å². The number of ether oxygens (including phenoxy) is 1. The van der Waals surface area contributed by atoms with Crippen LogP contribution in [0.3, 0.4) is 0 Å². The van der Waals surface area contributed by atoms with Crippen LogP contribution in [-0.2, 0) is 4.79 Å². The molecule has 2 aromatic heterocycles. The van der Waals surface area contributed by atoms with Gasteiger partial charge in [0.2, 0.25) is 5.88 Å². The van der Waals surface area contributed by atoms with Gasteiger partial charge < -0.3 is 14.8 Å². The molecule has 0 spiro atoms. The van der Waals surface area contributed by atoms with Crippen LogP contribution in [0, 0.1) is 11.7 Å². The number of aliphatic carboxylic acids is 1. The average molecular weight is 446 g/mol. The zero-order valence-electron chi connectivity index (χ0n) is 17.9. The van der Waals surface area contributed by atoms with E-state index in [2.05, 4.69) is 19.9 Å². The van der Waals surface area contributed by atoms with Crippen molar-refractivity contribution >= 4 is 17.0 Å². The Morgan fingerprint density at radius 1 is 1.09 bits per heavy atom. The number of hydrogen-bond donors (Lipinski definition) is 2. The van der Waals surface area contributed by atoms with Gasteiger partial charge in [0.1, 0.15) is 17.7 Å². The lowest BCUT2D eigenvalue weighted by molar-refractivity contribution is -0.138. The molecule has 0 bridgehead atoms. The zero-order valence-corrected chi connectivity index (χ0v) is 17.9. The van der Waals surface area contributed by atoms with E-state index in [1.54, 1.807) is 24.5 Å². The van der Waals surface area contributed by atoms with Gasteiger partial charge in [0, 0.05) is 12.0 Å². The smallest absolute Gasteiger partial charge is 0.303 e. The summed E-state index contributed by atoms with van der Waals surface area (Å²) in [5.41, 5.74) is 3.19. The van der Waals surface area contributed by atoms with Crippen molar-refractivity contribution in [3.63, 3.8) is 0 Å². The summed E-state index contributed by atoms with van der Waals surface area (Å²) >= 11 is 0. The van der Waals surface area contributed by atoms with Crippen LogP contribution >= 0.6 is 0 Å². The van der Waals surface area contributed by atoms with Crippen LogP contribution in [0.2, 0.25) is 0 Å². The first kappa shape index (κ1) is 21.1. The van der Waals surface area contributed by atoms with E-state index in [0.717, 1.165) is 36.7 Å². The number of H-pyrrole nitrogens is 1. The molecule has 0 saturated heterocycles. The summed E-state index contributed by atoms with van der Waals surface area (Å²) in [5.74, 6) is -0.0316. The van der Waals surface area contributed by atoms with Gasteiger partial charge in [-0.15, -0.1) is 0 Å². The number of carbonyl (C=O) groups is 1. The molecule has 1 aliphatic carbocycles. The largest absolute Gasteiger partial charge is 0.481 e. The van der Waals surface area contributed by atoms with Crippen LogP contribution < -0.4 is 4.74 Å². The van der Waals surface area contributed by atoms with Crippen molar-refractivity contribution < 1.29 is 19.0 Å². The highest BCUT2D eigenvalue weighted by atomic mass is 19.1. The Kier molecular flexibility index (Phi) is 5.73. The number of nitrogens with zero attached hydrogens (tertiary/aromatic N) is 3. The number of aromatic amines is 1. The Bertz CT molecular complexity index is 1250. The highest BCUT2D eigenvalue weighted by molar-refractivity contribution is 5.79. The molecule has 1 fully saturated rings.